The summed E-state index contributed by atoms with van der Waals surface area (Å²) in [5.41, 5.74) is 0. The Balaban J connectivity index is 0.00000208. The van der Waals surface area contributed by atoms with Crippen LogP contribution in [0.25, 0.3) is 0 Å². The minimum absolute atomic E-state index is 0. The average molecular weight is 355 g/mol. The summed E-state index contributed by atoms with van der Waals surface area (Å²) >= 11 is 0. The van der Waals surface area contributed by atoms with E-state index < -0.39 is 0 Å². The van der Waals surface area contributed by atoms with Gasteiger partial charge in [-0.1, -0.05) is 18.2 Å². The molecule has 2 aliphatic rings. The molecule has 0 radical (unpaired) electrons. The van der Waals surface area contributed by atoms with Gasteiger partial charge in [0.1, 0.15) is 11.8 Å². The number of halogens is 1. The third-order valence-corrected chi connectivity index (χ3v) is 4.74. The zero-order chi connectivity index (χ0) is 16.1. The van der Waals surface area contributed by atoms with E-state index in [9.17, 15) is 4.79 Å². The van der Waals surface area contributed by atoms with Crippen molar-refractivity contribution < 1.29 is 14.3 Å². The summed E-state index contributed by atoms with van der Waals surface area (Å²) in [6.45, 7) is 5.76. The molecule has 2 aliphatic heterocycles. The lowest BCUT2D eigenvalue weighted by Gasteiger charge is -2.37. The van der Waals surface area contributed by atoms with E-state index in [1.54, 1.807) is 0 Å². The molecule has 1 N–H and O–H groups in total. The maximum Gasteiger partial charge on any atom is 0.242 e. The molecule has 1 aromatic carbocycles. The first kappa shape index (κ1) is 19.0. The van der Waals surface area contributed by atoms with Gasteiger partial charge in [0.15, 0.2) is 0 Å². The number of rotatable bonds is 4. The molecular formula is C18H27ClN2O3. The average Bonchev–Trinajstić information content (AvgIpc) is 2.61. The van der Waals surface area contributed by atoms with E-state index in [2.05, 4.69) is 5.32 Å². The smallest absolute Gasteiger partial charge is 0.242 e. The van der Waals surface area contributed by atoms with Gasteiger partial charge >= 0.3 is 0 Å². The Hall–Kier alpha value is -1.30. The molecule has 5 nitrogen and oxygen atoms in total. The minimum Gasteiger partial charge on any atom is -0.493 e. The van der Waals surface area contributed by atoms with Gasteiger partial charge in [-0.2, -0.15) is 0 Å². The molecule has 0 saturated carbocycles. The number of nitrogens with one attached hydrogen (secondary N) is 1. The molecule has 0 spiro atoms. The van der Waals surface area contributed by atoms with E-state index in [-0.39, 0.29) is 30.5 Å². The van der Waals surface area contributed by atoms with Crippen molar-refractivity contribution in [3.8, 4) is 5.75 Å². The van der Waals surface area contributed by atoms with Crippen LogP contribution in [0.3, 0.4) is 0 Å². The van der Waals surface area contributed by atoms with Gasteiger partial charge in [-0.25, -0.2) is 0 Å². The number of amides is 1. The van der Waals surface area contributed by atoms with Crippen LogP contribution in [-0.4, -0.2) is 55.8 Å². The minimum atomic E-state index is -0.194. The fraction of sp³-hybridized carbons (Fsp3) is 0.611. The SMILES string of the molecule is C[C@H]1OCCN[C@@H]1C(=O)N1CCC(COc2ccccc2)CC1.Cl. The largest absolute Gasteiger partial charge is 0.493 e. The number of likely N-dealkylation sites (tertiary alicyclic amines) is 1. The van der Waals surface area contributed by atoms with Crippen LogP contribution in [0, 0.1) is 5.92 Å². The van der Waals surface area contributed by atoms with Gasteiger partial charge in [-0.05, 0) is 37.8 Å². The van der Waals surface area contributed by atoms with E-state index in [0.717, 1.165) is 44.8 Å². The van der Waals surface area contributed by atoms with Crippen LogP contribution in [0.5, 0.6) is 5.75 Å². The monoisotopic (exact) mass is 354 g/mol. The highest BCUT2D eigenvalue weighted by atomic mass is 35.5. The summed E-state index contributed by atoms with van der Waals surface area (Å²) in [6, 6.07) is 9.72. The van der Waals surface area contributed by atoms with Gasteiger partial charge in [-0.15, -0.1) is 12.4 Å². The van der Waals surface area contributed by atoms with Crippen molar-refractivity contribution >= 4 is 18.3 Å². The highest BCUT2D eigenvalue weighted by molar-refractivity contribution is 5.85. The van der Waals surface area contributed by atoms with Crippen molar-refractivity contribution in [3.05, 3.63) is 30.3 Å². The molecule has 0 unspecified atom stereocenters. The van der Waals surface area contributed by atoms with Crippen LogP contribution in [0.1, 0.15) is 19.8 Å². The number of nitrogens with zero attached hydrogens (tertiary/aromatic N) is 1. The van der Waals surface area contributed by atoms with Gasteiger partial charge in [-0.3, -0.25) is 4.79 Å². The lowest BCUT2D eigenvalue weighted by Crippen LogP contribution is -2.57. The Bertz CT molecular complexity index is 506. The van der Waals surface area contributed by atoms with Crippen molar-refractivity contribution in [2.75, 3.05) is 32.8 Å². The van der Waals surface area contributed by atoms with Crippen molar-refractivity contribution in [3.63, 3.8) is 0 Å². The number of ether oxygens (including phenoxy) is 2. The summed E-state index contributed by atoms with van der Waals surface area (Å²) in [7, 11) is 0. The zero-order valence-electron chi connectivity index (χ0n) is 14.1. The van der Waals surface area contributed by atoms with Gasteiger partial charge in [0.05, 0.1) is 19.3 Å². The number of para-hydroxylation sites is 1. The first-order valence-electron chi connectivity index (χ1n) is 8.55. The van der Waals surface area contributed by atoms with Crippen LogP contribution < -0.4 is 10.1 Å². The molecule has 3 rings (SSSR count). The lowest BCUT2D eigenvalue weighted by molar-refractivity contribution is -0.141. The number of benzene rings is 1. The quantitative estimate of drug-likeness (QED) is 0.899. The summed E-state index contributed by atoms with van der Waals surface area (Å²) < 4.78 is 11.4. The standard InChI is InChI=1S/C18H26N2O3.ClH/c1-14-17(19-9-12-22-14)18(21)20-10-7-15(8-11-20)13-23-16-5-3-2-4-6-16;/h2-6,14-15,17,19H,7-13H2,1H3;1H/t14-,17+;/m1./s1. The molecule has 2 heterocycles. The van der Waals surface area contributed by atoms with Crippen molar-refractivity contribution in [2.24, 2.45) is 5.92 Å². The molecule has 6 heteroatoms. The number of morpholine rings is 1. The van der Waals surface area contributed by atoms with Gasteiger partial charge in [0.2, 0.25) is 5.91 Å². The Kier molecular flexibility index (Phi) is 7.34. The molecule has 0 bridgehead atoms. The summed E-state index contributed by atoms with van der Waals surface area (Å²) in [5.74, 6) is 1.62. The van der Waals surface area contributed by atoms with Crippen LogP contribution in [-0.2, 0) is 9.53 Å². The summed E-state index contributed by atoms with van der Waals surface area (Å²) in [5, 5.41) is 3.28. The molecule has 2 atom stereocenters. The first-order valence-corrected chi connectivity index (χ1v) is 8.55. The second-order valence-electron chi connectivity index (χ2n) is 6.40. The first-order chi connectivity index (χ1) is 11.2. The Morgan fingerprint density at radius 2 is 2.00 bits per heavy atom. The molecule has 0 aromatic heterocycles. The molecular weight excluding hydrogens is 328 g/mol. The van der Waals surface area contributed by atoms with E-state index >= 15 is 0 Å². The van der Waals surface area contributed by atoms with Gasteiger partial charge in [0.25, 0.3) is 0 Å². The summed E-state index contributed by atoms with van der Waals surface area (Å²) in [6.07, 6.45) is 1.96. The molecule has 0 aliphatic carbocycles. The Morgan fingerprint density at radius 1 is 1.29 bits per heavy atom. The van der Waals surface area contributed by atoms with Gasteiger partial charge < -0.3 is 19.7 Å². The predicted molar refractivity (Wildman–Crippen MR) is 95.7 cm³/mol. The fourth-order valence-electron chi connectivity index (χ4n) is 3.26. The van der Waals surface area contributed by atoms with Crippen molar-refractivity contribution in [1.29, 1.82) is 0 Å². The summed E-state index contributed by atoms with van der Waals surface area (Å²) in [4.78, 5) is 14.6. The molecule has 1 amide bonds. The van der Waals surface area contributed by atoms with Crippen LogP contribution in [0.15, 0.2) is 30.3 Å². The molecule has 2 fully saturated rings. The fourth-order valence-corrected chi connectivity index (χ4v) is 3.26. The second-order valence-corrected chi connectivity index (χ2v) is 6.40. The third-order valence-electron chi connectivity index (χ3n) is 4.74. The second kappa shape index (κ2) is 9.25. The van der Waals surface area contributed by atoms with Crippen LogP contribution >= 0.6 is 12.4 Å². The van der Waals surface area contributed by atoms with Crippen LogP contribution in [0.2, 0.25) is 0 Å². The predicted octanol–water partition coefficient (Wildman–Crippen LogP) is 2.10. The van der Waals surface area contributed by atoms with Crippen molar-refractivity contribution in [1.82, 2.24) is 10.2 Å². The van der Waals surface area contributed by atoms with E-state index in [1.807, 2.05) is 42.2 Å². The van der Waals surface area contributed by atoms with E-state index in [0.29, 0.717) is 12.5 Å². The topological polar surface area (TPSA) is 50.8 Å². The Labute approximate surface area is 150 Å². The highest BCUT2D eigenvalue weighted by Gasteiger charge is 2.33. The molecule has 2 saturated heterocycles. The number of hydrogen-bond donors (Lipinski definition) is 1. The number of carbonyl (C=O) groups is 1. The van der Waals surface area contributed by atoms with E-state index in [1.165, 1.54) is 0 Å². The highest BCUT2D eigenvalue weighted by Crippen LogP contribution is 2.21. The maximum atomic E-state index is 12.6. The normalized spacial score (nSPS) is 25.0. The zero-order valence-corrected chi connectivity index (χ0v) is 15.0. The number of hydrogen-bond acceptors (Lipinski definition) is 4. The van der Waals surface area contributed by atoms with Gasteiger partial charge in [0, 0.05) is 19.6 Å². The molecule has 24 heavy (non-hydrogen) atoms. The Morgan fingerprint density at radius 3 is 2.67 bits per heavy atom. The number of piperidine rings is 1. The van der Waals surface area contributed by atoms with E-state index in [4.69, 9.17) is 9.47 Å². The number of carbonyl (C=O) groups excluding carboxylic acids is 1. The third kappa shape index (κ3) is 4.85. The van der Waals surface area contributed by atoms with Crippen molar-refractivity contribution in [2.45, 2.75) is 31.9 Å². The molecule has 1 aromatic rings. The lowest BCUT2D eigenvalue weighted by atomic mass is 9.96. The van der Waals surface area contributed by atoms with Crippen LogP contribution in [0.4, 0.5) is 0 Å². The molecule has 134 valence electrons. The maximum absolute atomic E-state index is 12.6.